The summed E-state index contributed by atoms with van der Waals surface area (Å²) in [6, 6.07) is 0. The standard InChI is InChI=1S/C12H14N2O5S/c15-10(14-2-1-13-6-14)5-18-11-7-3-8-9(4-7)20(16,17)19-12(8)11/h1-2,6-9,11-12H,3-5H2. The third-order valence-corrected chi connectivity index (χ3v) is 6.38. The molecule has 1 saturated heterocycles. The van der Waals surface area contributed by atoms with Crippen molar-refractivity contribution in [3.8, 4) is 0 Å². The maximum atomic E-state index is 11.8. The number of carbonyl (C=O) groups is 1. The maximum absolute atomic E-state index is 11.8. The van der Waals surface area contributed by atoms with Gasteiger partial charge in [0.1, 0.15) is 19.0 Å². The molecule has 1 aliphatic heterocycles. The van der Waals surface area contributed by atoms with Crippen LogP contribution >= 0.6 is 0 Å². The van der Waals surface area contributed by atoms with E-state index in [9.17, 15) is 13.2 Å². The van der Waals surface area contributed by atoms with Gasteiger partial charge in [0.25, 0.3) is 16.0 Å². The van der Waals surface area contributed by atoms with Gasteiger partial charge in [-0.05, 0) is 18.8 Å². The Kier molecular flexibility index (Phi) is 2.57. The second-order valence-electron chi connectivity index (χ2n) is 5.63. The molecule has 108 valence electrons. The van der Waals surface area contributed by atoms with E-state index in [2.05, 4.69) is 4.98 Å². The SMILES string of the molecule is O=C(COC1C2CC3C1OS(=O)(=O)C3C2)n1ccnc1. The molecular weight excluding hydrogens is 284 g/mol. The second-order valence-corrected chi connectivity index (χ2v) is 7.41. The number of hydrogen-bond donors (Lipinski definition) is 0. The Labute approximate surface area is 116 Å². The van der Waals surface area contributed by atoms with Crippen LogP contribution in [0.1, 0.15) is 17.6 Å². The number of nitrogens with zero attached hydrogens (tertiary/aromatic N) is 2. The van der Waals surface area contributed by atoms with Crippen LogP contribution in [0.25, 0.3) is 0 Å². The first kappa shape index (κ1) is 12.5. The highest BCUT2D eigenvalue weighted by molar-refractivity contribution is 7.87. The van der Waals surface area contributed by atoms with E-state index in [1.54, 1.807) is 6.20 Å². The van der Waals surface area contributed by atoms with Crippen LogP contribution in [0.2, 0.25) is 0 Å². The Hall–Kier alpha value is -1.25. The highest BCUT2D eigenvalue weighted by atomic mass is 32.2. The van der Waals surface area contributed by atoms with Gasteiger partial charge in [-0.25, -0.2) is 4.98 Å². The molecule has 0 amide bonds. The van der Waals surface area contributed by atoms with Crippen LogP contribution in [0, 0.1) is 11.8 Å². The van der Waals surface area contributed by atoms with E-state index >= 15 is 0 Å². The van der Waals surface area contributed by atoms with Crippen molar-refractivity contribution in [3.05, 3.63) is 18.7 Å². The van der Waals surface area contributed by atoms with Crippen molar-refractivity contribution in [1.82, 2.24) is 9.55 Å². The fourth-order valence-corrected chi connectivity index (χ4v) is 5.64. The van der Waals surface area contributed by atoms with Crippen LogP contribution in [-0.4, -0.2) is 47.9 Å². The second kappa shape index (κ2) is 4.12. The van der Waals surface area contributed by atoms with Crippen molar-refractivity contribution in [2.24, 2.45) is 11.8 Å². The summed E-state index contributed by atoms with van der Waals surface area (Å²) in [7, 11) is -3.43. The third-order valence-electron chi connectivity index (χ3n) is 4.61. The van der Waals surface area contributed by atoms with Crippen LogP contribution in [0.15, 0.2) is 18.7 Å². The Balaban J connectivity index is 1.45. The van der Waals surface area contributed by atoms with Gasteiger partial charge in [0.15, 0.2) is 0 Å². The molecule has 5 atom stereocenters. The van der Waals surface area contributed by atoms with E-state index in [1.807, 2.05) is 0 Å². The molecule has 4 rings (SSSR count). The normalized spacial score (nSPS) is 40.3. The molecule has 0 spiro atoms. The highest BCUT2D eigenvalue weighted by Crippen LogP contribution is 2.55. The molecule has 5 unspecified atom stereocenters. The average molecular weight is 298 g/mol. The molecule has 2 bridgehead atoms. The molecule has 0 N–H and O–H groups in total. The summed E-state index contributed by atoms with van der Waals surface area (Å²) in [5.41, 5.74) is 0. The molecule has 8 heteroatoms. The van der Waals surface area contributed by atoms with Crippen molar-refractivity contribution < 1.29 is 22.1 Å². The Morgan fingerprint density at radius 2 is 2.30 bits per heavy atom. The summed E-state index contributed by atoms with van der Waals surface area (Å²) in [5, 5.41) is -0.360. The Morgan fingerprint density at radius 1 is 1.45 bits per heavy atom. The molecule has 2 aliphatic carbocycles. The number of imidazole rings is 1. The van der Waals surface area contributed by atoms with Gasteiger partial charge in [-0.1, -0.05) is 0 Å². The molecule has 3 aliphatic rings. The van der Waals surface area contributed by atoms with Gasteiger partial charge in [0, 0.05) is 18.3 Å². The van der Waals surface area contributed by atoms with Crippen molar-refractivity contribution in [2.45, 2.75) is 30.3 Å². The lowest BCUT2D eigenvalue weighted by Gasteiger charge is -2.24. The molecular formula is C12H14N2O5S. The van der Waals surface area contributed by atoms with Crippen LogP contribution in [0.5, 0.6) is 0 Å². The van der Waals surface area contributed by atoms with E-state index < -0.39 is 16.2 Å². The monoisotopic (exact) mass is 298 g/mol. The highest BCUT2D eigenvalue weighted by Gasteiger charge is 2.64. The lowest BCUT2D eigenvalue weighted by molar-refractivity contribution is -0.0322. The molecule has 2 heterocycles. The summed E-state index contributed by atoms with van der Waals surface area (Å²) < 4.78 is 35.8. The van der Waals surface area contributed by atoms with Crippen molar-refractivity contribution in [1.29, 1.82) is 0 Å². The van der Waals surface area contributed by atoms with Crippen LogP contribution < -0.4 is 0 Å². The van der Waals surface area contributed by atoms with Crippen LogP contribution in [0.3, 0.4) is 0 Å². The molecule has 2 saturated carbocycles. The molecule has 1 aromatic heterocycles. The minimum absolute atomic E-state index is 0.0401. The first-order valence-electron chi connectivity index (χ1n) is 6.61. The van der Waals surface area contributed by atoms with Crippen LogP contribution in [-0.2, 0) is 19.0 Å². The maximum Gasteiger partial charge on any atom is 0.270 e. The fourth-order valence-electron chi connectivity index (χ4n) is 3.76. The molecule has 20 heavy (non-hydrogen) atoms. The summed E-state index contributed by atoms with van der Waals surface area (Å²) in [6.07, 6.45) is 5.21. The molecule has 0 radical (unpaired) electrons. The van der Waals surface area contributed by atoms with Gasteiger partial charge < -0.3 is 4.74 Å². The predicted octanol–water partition coefficient (Wildman–Crippen LogP) is 0.0455. The minimum atomic E-state index is -3.43. The Morgan fingerprint density at radius 3 is 3.05 bits per heavy atom. The number of carbonyl (C=O) groups excluding carboxylic acids is 1. The summed E-state index contributed by atoms with van der Waals surface area (Å²) >= 11 is 0. The largest absolute Gasteiger partial charge is 0.365 e. The zero-order valence-corrected chi connectivity index (χ0v) is 11.4. The topological polar surface area (TPSA) is 87.5 Å². The summed E-state index contributed by atoms with van der Waals surface area (Å²) in [5.74, 6) is 0.00360. The van der Waals surface area contributed by atoms with Crippen molar-refractivity contribution in [2.75, 3.05) is 6.61 Å². The lowest BCUT2D eigenvalue weighted by Crippen LogP contribution is -2.37. The first-order chi connectivity index (χ1) is 9.56. The van der Waals surface area contributed by atoms with Gasteiger partial charge in [0.2, 0.25) is 0 Å². The van der Waals surface area contributed by atoms with E-state index in [0.717, 1.165) is 6.42 Å². The average Bonchev–Trinajstić information content (AvgIpc) is 3.12. The summed E-state index contributed by atoms with van der Waals surface area (Å²) in [4.78, 5) is 15.6. The van der Waals surface area contributed by atoms with Gasteiger partial charge in [-0.2, -0.15) is 8.42 Å². The molecule has 7 nitrogen and oxygen atoms in total. The first-order valence-corrected chi connectivity index (χ1v) is 8.08. The summed E-state index contributed by atoms with van der Waals surface area (Å²) in [6.45, 7) is -0.0885. The van der Waals surface area contributed by atoms with Crippen molar-refractivity contribution in [3.63, 3.8) is 0 Å². The number of ether oxygens (including phenoxy) is 1. The molecule has 3 fully saturated rings. The van der Waals surface area contributed by atoms with Crippen molar-refractivity contribution >= 4 is 16.0 Å². The number of fused-ring (bicyclic) bond motifs is 1. The van der Waals surface area contributed by atoms with E-state index in [-0.39, 0.29) is 35.7 Å². The van der Waals surface area contributed by atoms with Gasteiger partial charge in [-0.3, -0.25) is 13.5 Å². The molecule has 1 aromatic rings. The third kappa shape index (κ3) is 1.68. The predicted molar refractivity (Wildman–Crippen MR) is 66.4 cm³/mol. The zero-order valence-electron chi connectivity index (χ0n) is 10.6. The number of rotatable bonds is 3. The minimum Gasteiger partial charge on any atom is -0.365 e. The number of hydrogen-bond acceptors (Lipinski definition) is 6. The van der Waals surface area contributed by atoms with Crippen LogP contribution in [0.4, 0.5) is 0 Å². The van der Waals surface area contributed by atoms with E-state index in [1.165, 1.54) is 17.1 Å². The van der Waals surface area contributed by atoms with Gasteiger partial charge in [0.05, 0.1) is 11.4 Å². The smallest absolute Gasteiger partial charge is 0.270 e. The van der Waals surface area contributed by atoms with E-state index in [0.29, 0.717) is 6.42 Å². The van der Waals surface area contributed by atoms with E-state index in [4.69, 9.17) is 8.92 Å². The fraction of sp³-hybridized carbons (Fsp3) is 0.667. The zero-order chi connectivity index (χ0) is 13.9. The molecule has 0 aromatic carbocycles. The Bertz CT molecular complexity index is 641. The quantitative estimate of drug-likeness (QED) is 0.733. The van der Waals surface area contributed by atoms with Gasteiger partial charge in [-0.15, -0.1) is 0 Å². The van der Waals surface area contributed by atoms with Gasteiger partial charge >= 0.3 is 0 Å². The number of aromatic nitrogens is 2. The lowest BCUT2D eigenvalue weighted by atomic mass is 9.94.